The third kappa shape index (κ3) is 5.78. The van der Waals surface area contributed by atoms with Crippen molar-refractivity contribution in [3.8, 4) is 5.75 Å². The van der Waals surface area contributed by atoms with Crippen molar-refractivity contribution >= 4 is 17.0 Å². The topological polar surface area (TPSA) is 64.6 Å². The lowest BCUT2D eigenvalue weighted by Crippen LogP contribution is -2.41. The van der Waals surface area contributed by atoms with Crippen LogP contribution < -0.4 is 9.46 Å². The standard InChI is InChI=1S/C22H27NO4S/c1-6-19(27-21(24)17-10-8-7-9-11-17)20(23-28(25)22(2,3)4)16-12-14-18(26-5)15-13-16/h6-15,19-20,23H,1H2,2-5H3/t19-,20+,28-/m0/s1. The molecule has 0 aliphatic carbocycles. The molecule has 0 saturated carbocycles. The Morgan fingerprint density at radius 1 is 1.11 bits per heavy atom. The molecule has 6 heteroatoms. The number of esters is 1. The summed E-state index contributed by atoms with van der Waals surface area (Å²) < 4.78 is 26.3. The number of carbonyl (C=O) groups excluding carboxylic acids is 1. The molecule has 0 aromatic heterocycles. The van der Waals surface area contributed by atoms with Crippen molar-refractivity contribution in [3.05, 3.63) is 78.4 Å². The molecule has 0 radical (unpaired) electrons. The number of nitrogens with one attached hydrogen (secondary N) is 1. The third-order valence-corrected chi connectivity index (χ3v) is 5.66. The second-order valence-corrected chi connectivity index (χ2v) is 9.22. The minimum Gasteiger partial charge on any atom is -0.497 e. The molecule has 0 unspecified atom stereocenters. The third-order valence-electron chi connectivity index (χ3n) is 4.08. The van der Waals surface area contributed by atoms with Gasteiger partial charge >= 0.3 is 5.97 Å². The molecule has 0 amide bonds. The summed E-state index contributed by atoms with van der Waals surface area (Å²) in [6.07, 6.45) is 0.829. The van der Waals surface area contributed by atoms with Crippen molar-refractivity contribution in [1.29, 1.82) is 0 Å². The maximum absolute atomic E-state index is 12.7. The molecule has 1 N–H and O–H groups in total. The Kier molecular flexibility index (Phi) is 7.54. The van der Waals surface area contributed by atoms with Crippen LogP contribution in [0.1, 0.15) is 42.7 Å². The minimum absolute atomic E-state index is 0.444. The molecule has 3 atom stereocenters. The average Bonchev–Trinajstić information content (AvgIpc) is 2.70. The van der Waals surface area contributed by atoms with Gasteiger partial charge in [-0.25, -0.2) is 13.7 Å². The largest absolute Gasteiger partial charge is 0.497 e. The molecule has 0 bridgehead atoms. The first-order valence-electron chi connectivity index (χ1n) is 8.97. The Labute approximate surface area is 169 Å². The van der Waals surface area contributed by atoms with Gasteiger partial charge in [0.15, 0.2) is 0 Å². The second-order valence-electron chi connectivity index (χ2n) is 7.22. The lowest BCUT2D eigenvalue weighted by Gasteiger charge is -2.29. The monoisotopic (exact) mass is 401 g/mol. The summed E-state index contributed by atoms with van der Waals surface area (Å²) >= 11 is 0. The highest BCUT2D eigenvalue weighted by Gasteiger charge is 2.30. The van der Waals surface area contributed by atoms with Crippen molar-refractivity contribution in [2.24, 2.45) is 0 Å². The first-order valence-corrected chi connectivity index (χ1v) is 10.1. The van der Waals surface area contributed by atoms with Crippen LogP contribution in [0.2, 0.25) is 0 Å². The molecular weight excluding hydrogens is 374 g/mol. The SMILES string of the molecule is C=C[C@H](OC(=O)c1ccccc1)[C@H](N[S@@](=O)C(C)(C)C)c1ccc(OC)cc1. The first-order chi connectivity index (χ1) is 13.3. The van der Waals surface area contributed by atoms with E-state index in [4.69, 9.17) is 9.47 Å². The molecular formula is C22H27NO4S. The van der Waals surface area contributed by atoms with E-state index < -0.39 is 33.8 Å². The normalized spacial score (nSPS) is 14.6. The lowest BCUT2D eigenvalue weighted by molar-refractivity contribution is 0.0336. The van der Waals surface area contributed by atoms with Crippen LogP contribution >= 0.6 is 0 Å². The Bertz CT molecular complexity index is 813. The lowest BCUT2D eigenvalue weighted by atomic mass is 10.0. The second kappa shape index (κ2) is 9.66. The highest BCUT2D eigenvalue weighted by Crippen LogP contribution is 2.26. The molecule has 150 valence electrons. The van der Waals surface area contributed by atoms with Gasteiger partial charge < -0.3 is 9.47 Å². The van der Waals surface area contributed by atoms with E-state index in [0.717, 1.165) is 5.56 Å². The molecule has 0 spiro atoms. The molecule has 2 aromatic carbocycles. The Hall–Kier alpha value is -2.44. The van der Waals surface area contributed by atoms with Gasteiger partial charge in [-0.05, 0) is 56.7 Å². The maximum Gasteiger partial charge on any atom is 0.338 e. The van der Waals surface area contributed by atoms with Gasteiger partial charge in [0.1, 0.15) is 11.9 Å². The van der Waals surface area contributed by atoms with Gasteiger partial charge in [0.25, 0.3) is 0 Å². The fraction of sp³-hybridized carbons (Fsp3) is 0.318. The zero-order chi connectivity index (χ0) is 20.7. The fourth-order valence-electron chi connectivity index (χ4n) is 2.45. The molecule has 5 nitrogen and oxygen atoms in total. The Morgan fingerprint density at radius 3 is 2.21 bits per heavy atom. The van der Waals surface area contributed by atoms with E-state index in [0.29, 0.717) is 11.3 Å². The van der Waals surface area contributed by atoms with E-state index in [9.17, 15) is 9.00 Å². The van der Waals surface area contributed by atoms with Crippen LogP contribution in [0.15, 0.2) is 67.3 Å². The van der Waals surface area contributed by atoms with Crippen LogP contribution in [0, 0.1) is 0 Å². The van der Waals surface area contributed by atoms with E-state index >= 15 is 0 Å². The molecule has 0 aliphatic rings. The van der Waals surface area contributed by atoms with Crippen LogP contribution in [0.5, 0.6) is 5.75 Å². The number of rotatable bonds is 8. The zero-order valence-electron chi connectivity index (χ0n) is 16.7. The van der Waals surface area contributed by atoms with Crippen LogP contribution in [0.25, 0.3) is 0 Å². The highest BCUT2D eigenvalue weighted by molar-refractivity contribution is 7.84. The summed E-state index contributed by atoms with van der Waals surface area (Å²) in [6, 6.07) is 15.5. The van der Waals surface area contributed by atoms with Crippen LogP contribution in [0.4, 0.5) is 0 Å². The molecule has 0 fully saturated rings. The predicted octanol–water partition coefficient (Wildman–Crippen LogP) is 4.20. The molecule has 28 heavy (non-hydrogen) atoms. The van der Waals surface area contributed by atoms with Crippen molar-refractivity contribution < 1.29 is 18.5 Å². The summed E-state index contributed by atoms with van der Waals surface area (Å²) in [5, 5.41) is 0. The van der Waals surface area contributed by atoms with Crippen molar-refractivity contribution in [2.75, 3.05) is 7.11 Å². The molecule has 2 aromatic rings. The summed E-state index contributed by atoms with van der Waals surface area (Å²) in [5.41, 5.74) is 1.25. The average molecular weight is 402 g/mol. The van der Waals surface area contributed by atoms with E-state index in [2.05, 4.69) is 11.3 Å². The summed E-state index contributed by atoms with van der Waals surface area (Å²) in [6.45, 7) is 9.44. The first kappa shape index (κ1) is 21.9. The Balaban J connectivity index is 2.32. The van der Waals surface area contributed by atoms with E-state index in [1.807, 2.05) is 51.1 Å². The van der Waals surface area contributed by atoms with Gasteiger partial charge in [-0.3, -0.25) is 0 Å². The van der Waals surface area contributed by atoms with Crippen LogP contribution in [-0.4, -0.2) is 28.1 Å². The van der Waals surface area contributed by atoms with Crippen molar-refractivity contribution in [3.63, 3.8) is 0 Å². The quantitative estimate of drug-likeness (QED) is 0.532. The molecule has 0 saturated heterocycles. The number of hydrogen-bond donors (Lipinski definition) is 1. The van der Waals surface area contributed by atoms with Gasteiger partial charge in [0.05, 0.1) is 34.4 Å². The number of carbonyl (C=O) groups is 1. The van der Waals surface area contributed by atoms with Gasteiger partial charge in [0.2, 0.25) is 0 Å². The molecule has 2 rings (SSSR count). The summed E-state index contributed by atoms with van der Waals surface area (Å²) in [4.78, 5) is 12.5. The van der Waals surface area contributed by atoms with Crippen LogP contribution in [0.3, 0.4) is 0 Å². The smallest absolute Gasteiger partial charge is 0.338 e. The van der Waals surface area contributed by atoms with Gasteiger partial charge in [-0.1, -0.05) is 36.9 Å². The summed E-state index contributed by atoms with van der Waals surface area (Å²) in [7, 11) is 0.214. The number of hydrogen-bond acceptors (Lipinski definition) is 4. The van der Waals surface area contributed by atoms with E-state index in [-0.39, 0.29) is 0 Å². The van der Waals surface area contributed by atoms with Gasteiger partial charge in [0, 0.05) is 0 Å². The highest BCUT2D eigenvalue weighted by atomic mass is 32.2. The number of benzene rings is 2. The number of methoxy groups -OCH3 is 1. The van der Waals surface area contributed by atoms with Crippen molar-refractivity contribution in [1.82, 2.24) is 4.72 Å². The number of ether oxygens (including phenoxy) is 2. The van der Waals surface area contributed by atoms with E-state index in [1.54, 1.807) is 37.5 Å². The minimum atomic E-state index is -1.38. The van der Waals surface area contributed by atoms with Gasteiger partial charge in [-0.15, -0.1) is 0 Å². The molecule has 0 heterocycles. The zero-order valence-corrected chi connectivity index (χ0v) is 17.5. The maximum atomic E-state index is 12.7. The van der Waals surface area contributed by atoms with Crippen LogP contribution in [-0.2, 0) is 15.7 Å². The predicted molar refractivity (Wildman–Crippen MR) is 113 cm³/mol. The van der Waals surface area contributed by atoms with E-state index in [1.165, 1.54) is 0 Å². The fourth-order valence-corrected chi connectivity index (χ4v) is 3.30. The Morgan fingerprint density at radius 2 is 1.71 bits per heavy atom. The van der Waals surface area contributed by atoms with Crippen molar-refractivity contribution in [2.45, 2.75) is 37.7 Å². The summed E-state index contributed by atoms with van der Waals surface area (Å²) in [5.74, 6) is 0.239. The molecule has 0 aliphatic heterocycles. The van der Waals surface area contributed by atoms with Gasteiger partial charge in [-0.2, -0.15) is 0 Å².